The van der Waals surface area contributed by atoms with Crippen LogP contribution >= 0.6 is 0 Å². The van der Waals surface area contributed by atoms with Crippen LogP contribution in [0.5, 0.6) is 0 Å². The van der Waals surface area contributed by atoms with Gasteiger partial charge >= 0.3 is 5.97 Å². The third-order valence-corrected chi connectivity index (χ3v) is 2.36. The Kier molecular flexibility index (Phi) is 11.1. The fourth-order valence-corrected chi connectivity index (χ4v) is 1.14. The summed E-state index contributed by atoms with van der Waals surface area (Å²) in [6, 6.07) is 0. The van der Waals surface area contributed by atoms with Crippen molar-refractivity contribution in [1.29, 1.82) is 0 Å². The van der Waals surface area contributed by atoms with Gasteiger partial charge in [-0.15, -0.1) is 0 Å². The zero-order valence-corrected chi connectivity index (χ0v) is 12.2. The highest BCUT2D eigenvalue weighted by atomic mass is 16.5. The van der Waals surface area contributed by atoms with Gasteiger partial charge in [0.15, 0.2) is 0 Å². The minimum Gasteiger partial charge on any atom is -0.465 e. The molecular weight excluding hydrogens is 232 g/mol. The molecule has 0 N–H and O–H groups in total. The lowest BCUT2D eigenvalue weighted by atomic mass is 10.1. The Balaban J connectivity index is 3.10. The second-order valence-electron chi connectivity index (χ2n) is 5.08. The van der Waals surface area contributed by atoms with Crippen molar-refractivity contribution in [3.63, 3.8) is 0 Å². The fourth-order valence-electron chi connectivity index (χ4n) is 1.14. The van der Waals surface area contributed by atoms with Crippen molar-refractivity contribution in [2.75, 3.05) is 33.0 Å². The Morgan fingerprint density at radius 2 is 1.50 bits per heavy atom. The molecule has 0 aliphatic heterocycles. The smallest absolute Gasteiger partial charge is 0.308 e. The van der Waals surface area contributed by atoms with Crippen molar-refractivity contribution in [2.45, 2.75) is 40.5 Å². The predicted molar refractivity (Wildman–Crippen MR) is 71.5 cm³/mol. The van der Waals surface area contributed by atoms with Crippen molar-refractivity contribution in [1.82, 2.24) is 0 Å². The van der Waals surface area contributed by atoms with E-state index in [2.05, 4.69) is 13.8 Å². The van der Waals surface area contributed by atoms with Gasteiger partial charge in [0.25, 0.3) is 0 Å². The van der Waals surface area contributed by atoms with E-state index in [-0.39, 0.29) is 11.9 Å². The number of carbonyl (C=O) groups is 1. The standard InChI is InChI=1S/C14H28O4/c1-12(2)6-9-17-11-10-16-7-5-8-18-14(15)13(3)4/h12-13H,5-11H2,1-4H3. The number of rotatable bonds is 11. The summed E-state index contributed by atoms with van der Waals surface area (Å²) in [5.74, 6) is 0.480. The minimum absolute atomic E-state index is 0.0553. The summed E-state index contributed by atoms with van der Waals surface area (Å²) in [7, 11) is 0. The largest absolute Gasteiger partial charge is 0.465 e. The summed E-state index contributed by atoms with van der Waals surface area (Å²) in [6.45, 7) is 11.1. The molecule has 4 heteroatoms. The molecule has 4 nitrogen and oxygen atoms in total. The molecule has 0 saturated carbocycles. The Hall–Kier alpha value is -0.610. The van der Waals surface area contributed by atoms with Crippen LogP contribution in [0.3, 0.4) is 0 Å². The molecule has 0 spiro atoms. The molecule has 0 rings (SSSR count). The van der Waals surface area contributed by atoms with E-state index in [4.69, 9.17) is 14.2 Å². The Morgan fingerprint density at radius 1 is 0.889 bits per heavy atom. The first kappa shape index (κ1) is 17.4. The maximum Gasteiger partial charge on any atom is 0.308 e. The summed E-state index contributed by atoms with van der Waals surface area (Å²) >= 11 is 0. The van der Waals surface area contributed by atoms with E-state index in [1.807, 2.05) is 13.8 Å². The molecule has 0 aromatic heterocycles. The Morgan fingerprint density at radius 3 is 2.06 bits per heavy atom. The average molecular weight is 260 g/mol. The van der Waals surface area contributed by atoms with Gasteiger partial charge in [-0.05, 0) is 12.3 Å². The molecule has 0 aromatic carbocycles. The van der Waals surface area contributed by atoms with Gasteiger partial charge in [-0.1, -0.05) is 27.7 Å². The lowest BCUT2D eigenvalue weighted by molar-refractivity contribution is -0.147. The summed E-state index contributed by atoms with van der Waals surface area (Å²) in [5, 5.41) is 0. The highest BCUT2D eigenvalue weighted by molar-refractivity contribution is 5.71. The first-order valence-corrected chi connectivity index (χ1v) is 6.86. The highest BCUT2D eigenvalue weighted by Gasteiger charge is 2.06. The molecule has 18 heavy (non-hydrogen) atoms. The highest BCUT2D eigenvalue weighted by Crippen LogP contribution is 1.99. The van der Waals surface area contributed by atoms with Crippen molar-refractivity contribution in [3.05, 3.63) is 0 Å². The second-order valence-corrected chi connectivity index (χ2v) is 5.08. The number of carbonyl (C=O) groups excluding carboxylic acids is 1. The third-order valence-electron chi connectivity index (χ3n) is 2.36. The normalized spacial score (nSPS) is 11.2. The molecule has 0 fully saturated rings. The molecule has 0 unspecified atom stereocenters. The molecular formula is C14H28O4. The quantitative estimate of drug-likeness (QED) is 0.423. The van der Waals surface area contributed by atoms with Crippen LogP contribution in [0.2, 0.25) is 0 Å². The monoisotopic (exact) mass is 260 g/mol. The average Bonchev–Trinajstić information content (AvgIpc) is 2.30. The van der Waals surface area contributed by atoms with E-state index in [1.54, 1.807) is 0 Å². The molecule has 0 bridgehead atoms. The van der Waals surface area contributed by atoms with Crippen LogP contribution in [-0.2, 0) is 19.0 Å². The van der Waals surface area contributed by atoms with Crippen LogP contribution in [0, 0.1) is 11.8 Å². The molecule has 0 saturated heterocycles. The number of hydrogen-bond acceptors (Lipinski definition) is 4. The first-order chi connectivity index (χ1) is 8.54. The van der Waals surface area contributed by atoms with Gasteiger partial charge in [0.1, 0.15) is 0 Å². The second kappa shape index (κ2) is 11.5. The van der Waals surface area contributed by atoms with E-state index in [0.717, 1.165) is 19.4 Å². The predicted octanol–water partition coefficient (Wildman–Crippen LogP) is 2.66. The summed E-state index contributed by atoms with van der Waals surface area (Å²) in [6.07, 6.45) is 1.83. The molecule has 0 aliphatic carbocycles. The summed E-state index contributed by atoms with van der Waals surface area (Å²) in [4.78, 5) is 11.1. The van der Waals surface area contributed by atoms with Crippen LogP contribution in [0.1, 0.15) is 40.5 Å². The molecule has 0 aromatic rings. The fraction of sp³-hybridized carbons (Fsp3) is 0.929. The van der Waals surface area contributed by atoms with Gasteiger partial charge in [-0.25, -0.2) is 0 Å². The minimum atomic E-state index is -0.146. The van der Waals surface area contributed by atoms with Gasteiger partial charge < -0.3 is 14.2 Å². The Bertz CT molecular complexity index is 202. The van der Waals surface area contributed by atoms with E-state index >= 15 is 0 Å². The third kappa shape index (κ3) is 11.9. The van der Waals surface area contributed by atoms with Crippen LogP contribution in [0.4, 0.5) is 0 Å². The van der Waals surface area contributed by atoms with Gasteiger partial charge in [0.05, 0.1) is 25.7 Å². The lowest BCUT2D eigenvalue weighted by Crippen LogP contribution is -2.14. The molecule has 0 heterocycles. The van der Waals surface area contributed by atoms with Crippen molar-refractivity contribution in [3.8, 4) is 0 Å². The topological polar surface area (TPSA) is 44.8 Å². The summed E-state index contributed by atoms with van der Waals surface area (Å²) < 4.78 is 15.8. The lowest BCUT2D eigenvalue weighted by Gasteiger charge is -2.08. The summed E-state index contributed by atoms with van der Waals surface area (Å²) in [5.41, 5.74) is 0. The van der Waals surface area contributed by atoms with Crippen LogP contribution < -0.4 is 0 Å². The number of ether oxygens (including phenoxy) is 3. The van der Waals surface area contributed by atoms with Gasteiger partial charge in [0, 0.05) is 19.6 Å². The van der Waals surface area contributed by atoms with Crippen molar-refractivity contribution >= 4 is 5.97 Å². The van der Waals surface area contributed by atoms with Crippen molar-refractivity contribution < 1.29 is 19.0 Å². The first-order valence-electron chi connectivity index (χ1n) is 6.86. The van der Waals surface area contributed by atoms with E-state index in [1.165, 1.54) is 0 Å². The van der Waals surface area contributed by atoms with Gasteiger partial charge in [0.2, 0.25) is 0 Å². The van der Waals surface area contributed by atoms with E-state index < -0.39 is 0 Å². The number of hydrogen-bond donors (Lipinski definition) is 0. The maximum absolute atomic E-state index is 11.1. The SMILES string of the molecule is CC(C)CCOCCOCCCOC(=O)C(C)C. The van der Waals surface area contributed by atoms with Crippen LogP contribution in [0.15, 0.2) is 0 Å². The van der Waals surface area contributed by atoms with Gasteiger partial charge in [-0.3, -0.25) is 4.79 Å². The van der Waals surface area contributed by atoms with Crippen molar-refractivity contribution in [2.24, 2.45) is 11.8 Å². The van der Waals surface area contributed by atoms with E-state index in [0.29, 0.717) is 32.3 Å². The van der Waals surface area contributed by atoms with E-state index in [9.17, 15) is 4.79 Å². The molecule has 108 valence electrons. The zero-order chi connectivity index (χ0) is 13.8. The molecule has 0 aliphatic rings. The molecule has 0 atom stereocenters. The van der Waals surface area contributed by atoms with Crippen LogP contribution in [-0.4, -0.2) is 39.0 Å². The molecule has 0 amide bonds. The zero-order valence-electron chi connectivity index (χ0n) is 12.2. The number of esters is 1. The van der Waals surface area contributed by atoms with Crippen LogP contribution in [0.25, 0.3) is 0 Å². The molecule has 0 radical (unpaired) electrons. The van der Waals surface area contributed by atoms with Gasteiger partial charge in [-0.2, -0.15) is 0 Å². The Labute approximate surface area is 111 Å². The maximum atomic E-state index is 11.1.